The van der Waals surface area contributed by atoms with E-state index in [1.54, 1.807) is 10.9 Å². The molecule has 0 saturated heterocycles. The van der Waals surface area contributed by atoms with Gasteiger partial charge in [0.05, 0.1) is 17.2 Å². The molecule has 1 heterocycles. The van der Waals surface area contributed by atoms with Crippen LogP contribution in [0.1, 0.15) is 0 Å². The van der Waals surface area contributed by atoms with Crippen LogP contribution >= 0.6 is 0 Å². The van der Waals surface area contributed by atoms with Crippen molar-refractivity contribution in [3.05, 3.63) is 47.1 Å². The predicted octanol–water partition coefficient (Wildman–Crippen LogP) is 0.693. The second-order valence-corrected chi connectivity index (χ2v) is 2.86. The zero-order valence-electron chi connectivity index (χ0n) is 7.27. The SMILES string of the molecule is C=c1cnn(-c2ccccc2)c1=C. The Morgan fingerprint density at radius 2 is 1.77 bits per heavy atom. The Bertz CT molecular complexity index is 497. The third-order valence-electron chi connectivity index (χ3n) is 1.96. The van der Waals surface area contributed by atoms with Gasteiger partial charge >= 0.3 is 0 Å². The summed E-state index contributed by atoms with van der Waals surface area (Å²) in [4.78, 5) is 0. The molecule has 0 N–H and O–H groups in total. The highest BCUT2D eigenvalue weighted by Crippen LogP contribution is 1.99. The Balaban J connectivity index is 2.67. The lowest BCUT2D eigenvalue weighted by Crippen LogP contribution is -2.25. The maximum absolute atomic E-state index is 4.18. The van der Waals surface area contributed by atoms with Crippen LogP contribution < -0.4 is 10.6 Å². The number of hydrogen-bond acceptors (Lipinski definition) is 1. The Morgan fingerprint density at radius 3 is 2.31 bits per heavy atom. The van der Waals surface area contributed by atoms with Gasteiger partial charge in [-0.15, -0.1) is 0 Å². The first-order valence-electron chi connectivity index (χ1n) is 4.06. The molecule has 2 rings (SSSR count). The van der Waals surface area contributed by atoms with Crippen LogP contribution in [0.2, 0.25) is 0 Å². The molecule has 1 aromatic heterocycles. The number of para-hydroxylation sites is 1. The lowest BCUT2D eigenvalue weighted by atomic mass is 10.3. The van der Waals surface area contributed by atoms with Crippen molar-refractivity contribution in [1.29, 1.82) is 0 Å². The van der Waals surface area contributed by atoms with Crippen molar-refractivity contribution in [2.75, 3.05) is 0 Å². The largest absolute Gasteiger partial charge is 0.234 e. The summed E-state index contributed by atoms with van der Waals surface area (Å²) in [6.45, 7) is 7.71. The van der Waals surface area contributed by atoms with Crippen molar-refractivity contribution in [3.8, 4) is 5.69 Å². The van der Waals surface area contributed by atoms with Gasteiger partial charge in [-0.1, -0.05) is 31.4 Å². The molecule has 0 saturated carbocycles. The van der Waals surface area contributed by atoms with E-state index in [0.29, 0.717) is 0 Å². The van der Waals surface area contributed by atoms with Crippen molar-refractivity contribution < 1.29 is 0 Å². The molecule has 0 spiro atoms. The van der Waals surface area contributed by atoms with Crippen LogP contribution in [0.4, 0.5) is 0 Å². The van der Waals surface area contributed by atoms with Crippen LogP contribution in [0.3, 0.4) is 0 Å². The van der Waals surface area contributed by atoms with E-state index in [2.05, 4.69) is 18.3 Å². The lowest BCUT2D eigenvalue weighted by molar-refractivity contribution is 0.855. The summed E-state index contributed by atoms with van der Waals surface area (Å²) in [5.74, 6) is 0. The molecule has 0 fully saturated rings. The summed E-state index contributed by atoms with van der Waals surface area (Å²) in [6, 6.07) is 9.89. The number of nitrogens with zero attached hydrogens (tertiary/aromatic N) is 2. The van der Waals surface area contributed by atoms with E-state index in [-0.39, 0.29) is 0 Å². The van der Waals surface area contributed by atoms with Crippen molar-refractivity contribution in [1.82, 2.24) is 9.78 Å². The molecular weight excluding hydrogens is 160 g/mol. The van der Waals surface area contributed by atoms with Gasteiger partial charge in [0, 0.05) is 5.22 Å². The van der Waals surface area contributed by atoms with Gasteiger partial charge in [0.25, 0.3) is 0 Å². The van der Waals surface area contributed by atoms with Crippen LogP contribution in [0.15, 0.2) is 36.5 Å². The van der Waals surface area contributed by atoms with Gasteiger partial charge in [0.1, 0.15) is 0 Å². The fourth-order valence-electron chi connectivity index (χ4n) is 1.20. The van der Waals surface area contributed by atoms with E-state index in [1.165, 1.54) is 0 Å². The molecule has 13 heavy (non-hydrogen) atoms. The van der Waals surface area contributed by atoms with Crippen LogP contribution in [-0.2, 0) is 0 Å². The van der Waals surface area contributed by atoms with E-state index in [9.17, 15) is 0 Å². The molecule has 0 amide bonds. The lowest BCUT2D eigenvalue weighted by Gasteiger charge is -1.99. The molecule has 0 unspecified atom stereocenters. The monoisotopic (exact) mass is 170 g/mol. The number of hydrogen-bond donors (Lipinski definition) is 0. The normalized spacial score (nSPS) is 10.2. The minimum Gasteiger partial charge on any atom is -0.234 e. The highest BCUT2D eigenvalue weighted by atomic mass is 15.3. The van der Waals surface area contributed by atoms with E-state index < -0.39 is 0 Å². The first kappa shape index (κ1) is 7.80. The number of rotatable bonds is 1. The van der Waals surface area contributed by atoms with Gasteiger partial charge in [0.2, 0.25) is 0 Å². The van der Waals surface area contributed by atoms with Gasteiger partial charge in [-0.2, -0.15) is 5.10 Å². The number of benzene rings is 1. The Kier molecular flexibility index (Phi) is 1.74. The third kappa shape index (κ3) is 1.26. The minimum atomic E-state index is 0.839. The third-order valence-corrected chi connectivity index (χ3v) is 1.96. The van der Waals surface area contributed by atoms with Gasteiger partial charge < -0.3 is 0 Å². The quantitative estimate of drug-likeness (QED) is 0.615. The summed E-state index contributed by atoms with van der Waals surface area (Å²) < 4.78 is 1.78. The van der Waals surface area contributed by atoms with Crippen molar-refractivity contribution in [2.24, 2.45) is 0 Å². The highest BCUT2D eigenvalue weighted by molar-refractivity contribution is 5.31. The first-order chi connectivity index (χ1) is 6.29. The summed E-state index contributed by atoms with van der Waals surface area (Å²) in [5.41, 5.74) is 1.02. The molecule has 0 aliphatic heterocycles. The molecule has 64 valence electrons. The van der Waals surface area contributed by atoms with Crippen molar-refractivity contribution in [3.63, 3.8) is 0 Å². The van der Waals surface area contributed by atoms with Crippen LogP contribution in [0, 0.1) is 0 Å². The molecule has 2 aromatic rings. The standard InChI is InChI=1S/C11H10N2/c1-9-8-12-13(10(9)2)11-6-4-3-5-7-11/h3-8H,1-2H2. The summed E-state index contributed by atoms with van der Waals surface area (Å²) in [6.07, 6.45) is 1.72. The molecule has 2 nitrogen and oxygen atoms in total. The topological polar surface area (TPSA) is 17.8 Å². The second kappa shape index (κ2) is 2.90. The minimum absolute atomic E-state index is 0.839. The second-order valence-electron chi connectivity index (χ2n) is 2.86. The van der Waals surface area contributed by atoms with E-state index in [1.807, 2.05) is 30.3 Å². The summed E-state index contributed by atoms with van der Waals surface area (Å²) in [5, 5.41) is 5.88. The molecule has 0 atom stereocenters. The van der Waals surface area contributed by atoms with Gasteiger partial charge in [-0.25, -0.2) is 4.68 Å². The molecule has 1 aromatic carbocycles. The van der Waals surface area contributed by atoms with Gasteiger partial charge in [0.15, 0.2) is 0 Å². The Labute approximate surface area is 76.4 Å². The summed E-state index contributed by atoms with van der Waals surface area (Å²) in [7, 11) is 0. The maximum atomic E-state index is 4.18. The van der Waals surface area contributed by atoms with Crippen molar-refractivity contribution >= 4 is 13.2 Å². The molecule has 0 aliphatic rings. The molecular formula is C11H10N2. The van der Waals surface area contributed by atoms with E-state index in [0.717, 1.165) is 16.3 Å². The summed E-state index contributed by atoms with van der Waals surface area (Å²) >= 11 is 0. The average Bonchev–Trinajstić information content (AvgIpc) is 2.49. The van der Waals surface area contributed by atoms with Crippen molar-refractivity contribution in [2.45, 2.75) is 0 Å². The molecule has 2 heteroatoms. The van der Waals surface area contributed by atoms with Gasteiger partial charge in [-0.05, 0) is 12.1 Å². The van der Waals surface area contributed by atoms with E-state index in [4.69, 9.17) is 0 Å². The fourth-order valence-corrected chi connectivity index (χ4v) is 1.20. The van der Waals surface area contributed by atoms with Crippen LogP contribution in [0.25, 0.3) is 18.8 Å². The average molecular weight is 170 g/mol. The van der Waals surface area contributed by atoms with Crippen LogP contribution in [-0.4, -0.2) is 9.78 Å². The zero-order valence-corrected chi connectivity index (χ0v) is 7.27. The molecule has 0 radical (unpaired) electrons. The fraction of sp³-hybridized carbons (Fsp3) is 0. The van der Waals surface area contributed by atoms with Gasteiger partial charge in [-0.3, -0.25) is 0 Å². The smallest absolute Gasteiger partial charge is 0.0663 e. The Hall–Kier alpha value is -1.83. The molecule has 0 aliphatic carbocycles. The predicted molar refractivity (Wildman–Crippen MR) is 53.9 cm³/mol. The molecule has 0 bridgehead atoms. The Morgan fingerprint density at radius 1 is 1.08 bits per heavy atom. The van der Waals surface area contributed by atoms with E-state index >= 15 is 0 Å². The maximum Gasteiger partial charge on any atom is 0.0663 e. The van der Waals surface area contributed by atoms with Crippen LogP contribution in [0.5, 0.6) is 0 Å². The zero-order chi connectivity index (χ0) is 9.26. The highest BCUT2D eigenvalue weighted by Gasteiger charge is 1.95. The first-order valence-corrected chi connectivity index (χ1v) is 4.06. The number of aromatic nitrogens is 2.